The largest absolute Gasteiger partial charge is 0.481 e. The molecule has 4 nitrogen and oxygen atoms in total. The van der Waals surface area contributed by atoms with Gasteiger partial charge in [0.15, 0.2) is 0 Å². The van der Waals surface area contributed by atoms with Gasteiger partial charge in [0.05, 0.1) is 5.41 Å². The minimum absolute atomic E-state index is 0.0336. The molecule has 1 N–H and O–H groups in total. The average molecular weight is 326 g/mol. The van der Waals surface area contributed by atoms with E-state index in [-0.39, 0.29) is 5.91 Å². The number of rotatable bonds is 2. The highest BCUT2D eigenvalue weighted by Gasteiger charge is 2.38. The summed E-state index contributed by atoms with van der Waals surface area (Å²) in [5, 5.41) is 9.17. The second kappa shape index (κ2) is 5.33. The van der Waals surface area contributed by atoms with E-state index >= 15 is 0 Å². The van der Waals surface area contributed by atoms with E-state index in [1.807, 2.05) is 12.1 Å². The van der Waals surface area contributed by atoms with Crippen molar-refractivity contribution in [3.8, 4) is 0 Å². The van der Waals surface area contributed by atoms with Crippen molar-refractivity contribution < 1.29 is 14.7 Å². The van der Waals surface area contributed by atoms with Crippen molar-refractivity contribution in [2.45, 2.75) is 19.8 Å². The fourth-order valence-electron chi connectivity index (χ4n) is 2.22. The molecular weight excluding hydrogens is 310 g/mol. The molecule has 0 radical (unpaired) electrons. The Hall–Kier alpha value is -1.36. The SMILES string of the molecule is CC1(C(=O)O)CCN(C(=O)c2cccc(Br)c2)CC1. The Morgan fingerprint density at radius 1 is 1.32 bits per heavy atom. The Morgan fingerprint density at radius 3 is 2.47 bits per heavy atom. The molecule has 0 saturated carbocycles. The van der Waals surface area contributed by atoms with Crippen LogP contribution in [0.2, 0.25) is 0 Å². The average Bonchev–Trinajstić information content (AvgIpc) is 2.38. The number of carbonyl (C=O) groups is 2. The maximum atomic E-state index is 12.3. The molecule has 0 aromatic heterocycles. The number of hydrogen-bond donors (Lipinski definition) is 1. The first-order valence-corrected chi connectivity index (χ1v) is 7.00. The number of amides is 1. The van der Waals surface area contributed by atoms with Crippen molar-refractivity contribution in [1.82, 2.24) is 4.90 Å². The summed E-state index contributed by atoms with van der Waals surface area (Å²) in [6.45, 7) is 2.73. The minimum Gasteiger partial charge on any atom is -0.481 e. The van der Waals surface area contributed by atoms with Gasteiger partial charge in [-0.1, -0.05) is 22.0 Å². The van der Waals surface area contributed by atoms with Gasteiger partial charge in [-0.05, 0) is 38.0 Å². The molecule has 1 saturated heterocycles. The summed E-state index contributed by atoms with van der Waals surface area (Å²) >= 11 is 3.34. The predicted molar refractivity (Wildman–Crippen MR) is 75.0 cm³/mol. The van der Waals surface area contributed by atoms with Crippen LogP contribution >= 0.6 is 15.9 Å². The van der Waals surface area contributed by atoms with Crippen LogP contribution in [0.4, 0.5) is 0 Å². The molecule has 0 bridgehead atoms. The van der Waals surface area contributed by atoms with Gasteiger partial charge in [0, 0.05) is 23.1 Å². The lowest BCUT2D eigenvalue weighted by Crippen LogP contribution is -2.45. The first-order valence-electron chi connectivity index (χ1n) is 6.21. The third-order valence-corrected chi connectivity index (χ3v) is 4.24. The van der Waals surface area contributed by atoms with Crippen molar-refractivity contribution in [1.29, 1.82) is 0 Å². The van der Waals surface area contributed by atoms with Crippen molar-refractivity contribution in [2.24, 2.45) is 5.41 Å². The predicted octanol–water partition coefficient (Wildman–Crippen LogP) is 2.78. The molecule has 0 atom stereocenters. The zero-order valence-corrected chi connectivity index (χ0v) is 12.3. The highest BCUT2D eigenvalue weighted by Crippen LogP contribution is 2.31. The quantitative estimate of drug-likeness (QED) is 0.909. The zero-order valence-electron chi connectivity index (χ0n) is 10.7. The molecular formula is C14H16BrNO3. The summed E-state index contributed by atoms with van der Waals surface area (Å²) < 4.78 is 0.866. The van der Waals surface area contributed by atoms with Crippen LogP contribution in [0.3, 0.4) is 0 Å². The minimum atomic E-state index is -0.776. The summed E-state index contributed by atoms with van der Waals surface area (Å²) in [7, 11) is 0. The lowest BCUT2D eigenvalue weighted by molar-refractivity contribution is -0.150. The molecule has 102 valence electrons. The number of likely N-dealkylation sites (tertiary alicyclic amines) is 1. The Balaban J connectivity index is 2.06. The fraction of sp³-hybridized carbons (Fsp3) is 0.429. The summed E-state index contributed by atoms with van der Waals surface area (Å²) in [5.41, 5.74) is -0.0677. The van der Waals surface area contributed by atoms with Crippen LogP contribution in [0.15, 0.2) is 28.7 Å². The molecule has 1 fully saturated rings. The van der Waals surface area contributed by atoms with E-state index in [1.165, 1.54) is 0 Å². The topological polar surface area (TPSA) is 57.6 Å². The fourth-order valence-corrected chi connectivity index (χ4v) is 2.62. The third kappa shape index (κ3) is 2.97. The van der Waals surface area contributed by atoms with E-state index in [2.05, 4.69) is 15.9 Å². The smallest absolute Gasteiger partial charge is 0.309 e. The van der Waals surface area contributed by atoms with Gasteiger partial charge in [-0.25, -0.2) is 0 Å². The van der Waals surface area contributed by atoms with E-state index in [1.54, 1.807) is 24.0 Å². The molecule has 1 aromatic rings. The molecule has 2 rings (SSSR count). The third-order valence-electron chi connectivity index (χ3n) is 3.74. The van der Waals surface area contributed by atoms with Gasteiger partial charge < -0.3 is 10.0 Å². The number of carboxylic acid groups (broad SMARTS) is 1. The summed E-state index contributed by atoms with van der Waals surface area (Å²) in [5.74, 6) is -0.809. The highest BCUT2D eigenvalue weighted by atomic mass is 79.9. The number of carbonyl (C=O) groups excluding carboxylic acids is 1. The van der Waals surface area contributed by atoms with Crippen LogP contribution in [-0.4, -0.2) is 35.0 Å². The van der Waals surface area contributed by atoms with Crippen molar-refractivity contribution in [2.75, 3.05) is 13.1 Å². The second-order valence-electron chi connectivity index (χ2n) is 5.17. The summed E-state index contributed by atoms with van der Waals surface area (Å²) in [6, 6.07) is 7.25. The van der Waals surface area contributed by atoms with Gasteiger partial charge in [-0.3, -0.25) is 9.59 Å². The maximum absolute atomic E-state index is 12.3. The maximum Gasteiger partial charge on any atom is 0.309 e. The van der Waals surface area contributed by atoms with Gasteiger partial charge in [0.25, 0.3) is 5.91 Å². The van der Waals surface area contributed by atoms with E-state index in [4.69, 9.17) is 5.11 Å². The van der Waals surface area contributed by atoms with Gasteiger partial charge in [0.1, 0.15) is 0 Å². The van der Waals surface area contributed by atoms with Gasteiger partial charge in [0.2, 0.25) is 0 Å². The number of halogens is 1. The van der Waals surface area contributed by atoms with Crippen molar-refractivity contribution in [3.05, 3.63) is 34.3 Å². The second-order valence-corrected chi connectivity index (χ2v) is 6.08. The van der Waals surface area contributed by atoms with Gasteiger partial charge in [-0.15, -0.1) is 0 Å². The van der Waals surface area contributed by atoms with Crippen LogP contribution < -0.4 is 0 Å². The molecule has 1 aliphatic rings. The van der Waals surface area contributed by atoms with E-state index < -0.39 is 11.4 Å². The zero-order chi connectivity index (χ0) is 14.0. The number of nitrogens with zero attached hydrogens (tertiary/aromatic N) is 1. The number of carboxylic acids is 1. The number of aliphatic carboxylic acids is 1. The Bertz CT molecular complexity index is 507. The van der Waals surface area contributed by atoms with E-state index in [0.717, 1.165) is 4.47 Å². The lowest BCUT2D eigenvalue weighted by atomic mass is 9.80. The Kier molecular flexibility index (Phi) is 3.94. The normalized spacial score (nSPS) is 18.1. The number of benzene rings is 1. The van der Waals surface area contributed by atoms with Crippen LogP contribution in [0.1, 0.15) is 30.1 Å². The van der Waals surface area contributed by atoms with E-state index in [0.29, 0.717) is 31.5 Å². The molecule has 0 aliphatic carbocycles. The first kappa shape index (κ1) is 14.1. The van der Waals surface area contributed by atoms with Gasteiger partial charge >= 0.3 is 5.97 Å². The summed E-state index contributed by atoms with van der Waals surface area (Å²) in [4.78, 5) is 25.2. The molecule has 1 amide bonds. The van der Waals surface area contributed by atoms with Gasteiger partial charge in [-0.2, -0.15) is 0 Å². The van der Waals surface area contributed by atoms with Crippen LogP contribution in [0, 0.1) is 5.41 Å². The van der Waals surface area contributed by atoms with Crippen molar-refractivity contribution >= 4 is 27.8 Å². The van der Waals surface area contributed by atoms with Crippen LogP contribution in [0.5, 0.6) is 0 Å². The van der Waals surface area contributed by atoms with Crippen LogP contribution in [-0.2, 0) is 4.79 Å². The lowest BCUT2D eigenvalue weighted by Gasteiger charge is -2.36. The van der Waals surface area contributed by atoms with E-state index in [9.17, 15) is 9.59 Å². The number of piperidine rings is 1. The Morgan fingerprint density at radius 2 is 1.95 bits per heavy atom. The molecule has 0 spiro atoms. The standard InChI is InChI=1S/C14H16BrNO3/c1-14(13(18)19)5-7-16(8-6-14)12(17)10-3-2-4-11(15)9-10/h2-4,9H,5-8H2,1H3,(H,18,19). The van der Waals surface area contributed by atoms with Crippen molar-refractivity contribution in [3.63, 3.8) is 0 Å². The molecule has 19 heavy (non-hydrogen) atoms. The molecule has 1 aromatic carbocycles. The van der Waals surface area contributed by atoms with Crippen LogP contribution in [0.25, 0.3) is 0 Å². The monoisotopic (exact) mass is 325 g/mol. The molecule has 5 heteroatoms. The molecule has 1 heterocycles. The summed E-state index contributed by atoms with van der Waals surface area (Å²) in [6.07, 6.45) is 1.00. The Labute approximate surface area is 120 Å². The molecule has 1 aliphatic heterocycles. The number of hydrogen-bond acceptors (Lipinski definition) is 2. The first-order chi connectivity index (χ1) is 8.92. The molecule has 0 unspecified atom stereocenters. The highest BCUT2D eigenvalue weighted by molar-refractivity contribution is 9.10.